The Morgan fingerprint density at radius 3 is 2.05 bits per heavy atom. The Balaban J connectivity index is 1.48. The third-order valence-corrected chi connectivity index (χ3v) is 7.99. The SMILES string of the molecule is CC(C)(C)CC(=O)OOc1ccc([C@@H]2[C@@H](SCC(=O)c3ccc(C(C)(C)C)cc3)C(=O)N2c2ccc(F)cc2)cc1. The van der Waals surface area contributed by atoms with Crippen LogP contribution in [-0.4, -0.2) is 28.7 Å². The number of benzene rings is 3. The second-order valence-electron chi connectivity index (χ2n) is 12.5. The summed E-state index contributed by atoms with van der Waals surface area (Å²) in [5.41, 5.74) is 2.88. The topological polar surface area (TPSA) is 72.9 Å². The van der Waals surface area contributed by atoms with Crippen molar-refractivity contribution in [1.82, 2.24) is 0 Å². The van der Waals surface area contributed by atoms with Crippen molar-refractivity contribution < 1.29 is 28.5 Å². The number of hydrogen-bond donors (Lipinski definition) is 0. The number of nitrogens with zero attached hydrogens (tertiary/aromatic N) is 1. The lowest BCUT2D eigenvalue weighted by atomic mass is 9.86. The molecule has 0 saturated carbocycles. The summed E-state index contributed by atoms with van der Waals surface area (Å²) in [5.74, 6) is -0.586. The van der Waals surface area contributed by atoms with Gasteiger partial charge in [-0.25, -0.2) is 9.18 Å². The number of anilines is 1. The number of amides is 1. The van der Waals surface area contributed by atoms with Crippen LogP contribution in [0.1, 0.15) is 75.5 Å². The molecule has 4 rings (SSSR count). The predicted molar refractivity (Wildman–Crippen MR) is 160 cm³/mol. The van der Waals surface area contributed by atoms with Gasteiger partial charge in [0.25, 0.3) is 0 Å². The largest absolute Gasteiger partial charge is 0.355 e. The Morgan fingerprint density at radius 1 is 0.878 bits per heavy atom. The van der Waals surface area contributed by atoms with Crippen molar-refractivity contribution >= 4 is 35.1 Å². The van der Waals surface area contributed by atoms with Crippen LogP contribution >= 0.6 is 11.8 Å². The first kappa shape index (κ1) is 30.3. The minimum atomic E-state index is -0.505. The van der Waals surface area contributed by atoms with Gasteiger partial charge in [0, 0.05) is 11.3 Å². The van der Waals surface area contributed by atoms with Gasteiger partial charge in [-0.05, 0) is 58.4 Å². The first-order chi connectivity index (χ1) is 19.2. The zero-order valence-electron chi connectivity index (χ0n) is 24.3. The van der Waals surface area contributed by atoms with Gasteiger partial charge in [-0.1, -0.05) is 77.9 Å². The van der Waals surface area contributed by atoms with E-state index in [4.69, 9.17) is 9.78 Å². The molecular formula is C33H36FNO5S. The van der Waals surface area contributed by atoms with Crippen molar-refractivity contribution in [3.63, 3.8) is 0 Å². The van der Waals surface area contributed by atoms with E-state index in [9.17, 15) is 18.8 Å². The Kier molecular flexibility index (Phi) is 8.92. The molecule has 0 N–H and O–H groups in total. The van der Waals surface area contributed by atoms with Crippen molar-refractivity contribution in [2.45, 2.75) is 64.7 Å². The van der Waals surface area contributed by atoms with Crippen LogP contribution < -0.4 is 9.79 Å². The standard InChI is InChI=1S/C33H36FNO5S/c1-32(2,3)19-28(37)40-39-26-17-9-22(10-18-26)29-30(31(38)35(29)25-15-13-24(34)14-16-25)41-20-27(36)21-7-11-23(12-8-21)33(4,5)6/h7-18,29-30H,19-20H2,1-6H3/t29-,30-/m1/s1. The van der Waals surface area contributed by atoms with Crippen LogP contribution in [-0.2, 0) is 19.9 Å². The number of halogens is 1. The summed E-state index contributed by atoms with van der Waals surface area (Å²) in [6.07, 6.45) is 0.209. The van der Waals surface area contributed by atoms with Crippen LogP contribution in [0, 0.1) is 11.2 Å². The van der Waals surface area contributed by atoms with E-state index >= 15 is 0 Å². The first-order valence-corrected chi connectivity index (χ1v) is 14.6. The molecule has 1 aliphatic heterocycles. The lowest BCUT2D eigenvalue weighted by molar-refractivity contribution is -0.215. The highest BCUT2D eigenvalue weighted by Crippen LogP contribution is 2.45. The second-order valence-corrected chi connectivity index (χ2v) is 13.6. The van der Waals surface area contributed by atoms with Crippen LogP contribution in [0.2, 0.25) is 0 Å². The zero-order valence-corrected chi connectivity index (χ0v) is 25.1. The van der Waals surface area contributed by atoms with Crippen molar-refractivity contribution in [2.75, 3.05) is 10.7 Å². The lowest BCUT2D eigenvalue weighted by Crippen LogP contribution is -2.57. The van der Waals surface area contributed by atoms with Gasteiger partial charge in [0.05, 0.1) is 18.2 Å². The summed E-state index contributed by atoms with van der Waals surface area (Å²) in [5, 5.41) is -0.505. The summed E-state index contributed by atoms with van der Waals surface area (Å²) in [7, 11) is 0. The lowest BCUT2D eigenvalue weighted by Gasteiger charge is -2.47. The molecule has 1 saturated heterocycles. The van der Waals surface area contributed by atoms with Gasteiger partial charge in [-0.15, -0.1) is 11.8 Å². The van der Waals surface area contributed by atoms with Gasteiger partial charge >= 0.3 is 5.97 Å². The zero-order chi connectivity index (χ0) is 29.9. The number of carbonyl (C=O) groups is 3. The van der Waals surface area contributed by atoms with E-state index in [1.54, 1.807) is 41.3 Å². The average Bonchev–Trinajstić information content (AvgIpc) is 2.90. The molecule has 3 aromatic carbocycles. The fourth-order valence-electron chi connectivity index (χ4n) is 4.52. The van der Waals surface area contributed by atoms with E-state index in [-0.39, 0.29) is 40.7 Å². The summed E-state index contributed by atoms with van der Waals surface area (Å²) in [6.45, 7) is 12.1. The molecule has 0 aliphatic carbocycles. The number of Topliss-reactive ketones (excluding diaryl/α,β-unsaturated/α-hetero) is 1. The highest BCUT2D eigenvalue weighted by molar-refractivity contribution is 8.01. The van der Waals surface area contributed by atoms with Crippen LogP contribution in [0.25, 0.3) is 0 Å². The molecule has 1 heterocycles. The molecule has 2 atom stereocenters. The van der Waals surface area contributed by atoms with E-state index in [0.29, 0.717) is 17.0 Å². The summed E-state index contributed by atoms with van der Waals surface area (Å²) in [4.78, 5) is 50.1. The maximum atomic E-state index is 13.6. The number of carbonyl (C=O) groups excluding carboxylic acids is 3. The summed E-state index contributed by atoms with van der Waals surface area (Å²) < 4.78 is 13.6. The maximum Gasteiger partial charge on any atom is 0.355 e. The number of rotatable bonds is 9. The molecule has 1 fully saturated rings. The van der Waals surface area contributed by atoms with Crippen molar-refractivity contribution in [3.05, 3.63) is 95.3 Å². The van der Waals surface area contributed by atoms with Gasteiger partial charge in [0.15, 0.2) is 11.5 Å². The molecule has 41 heavy (non-hydrogen) atoms. The number of thioether (sulfide) groups is 1. The molecule has 3 aromatic rings. The second kappa shape index (κ2) is 12.1. The molecule has 0 bridgehead atoms. The molecule has 6 nitrogen and oxygen atoms in total. The minimum absolute atomic E-state index is 0.0135. The highest BCUT2D eigenvalue weighted by Gasteiger charge is 2.49. The summed E-state index contributed by atoms with van der Waals surface area (Å²) >= 11 is 1.30. The van der Waals surface area contributed by atoms with Gasteiger partial charge in [-0.2, -0.15) is 0 Å². The van der Waals surface area contributed by atoms with E-state index in [0.717, 1.165) is 11.1 Å². The third-order valence-electron chi connectivity index (χ3n) is 6.74. The van der Waals surface area contributed by atoms with Crippen molar-refractivity contribution in [2.24, 2.45) is 5.41 Å². The Hall–Kier alpha value is -3.65. The molecular weight excluding hydrogens is 541 g/mol. The summed E-state index contributed by atoms with van der Waals surface area (Å²) in [6, 6.07) is 19.9. The van der Waals surface area contributed by atoms with Crippen LogP contribution in [0.15, 0.2) is 72.8 Å². The van der Waals surface area contributed by atoms with Crippen LogP contribution in [0.3, 0.4) is 0 Å². The van der Waals surface area contributed by atoms with Gasteiger partial charge < -0.3 is 4.90 Å². The Bertz CT molecular complexity index is 1390. The minimum Gasteiger partial charge on any atom is -0.302 e. The van der Waals surface area contributed by atoms with Gasteiger partial charge in [0.1, 0.15) is 11.1 Å². The van der Waals surface area contributed by atoms with Gasteiger partial charge in [-0.3, -0.25) is 19.4 Å². The first-order valence-electron chi connectivity index (χ1n) is 13.5. The smallest absolute Gasteiger partial charge is 0.302 e. The Morgan fingerprint density at radius 2 is 1.49 bits per heavy atom. The Labute approximate surface area is 245 Å². The van der Waals surface area contributed by atoms with E-state index in [1.165, 1.54) is 23.9 Å². The van der Waals surface area contributed by atoms with E-state index in [1.807, 2.05) is 45.0 Å². The molecule has 8 heteroatoms. The molecule has 1 aliphatic rings. The number of ketones is 1. The molecule has 0 radical (unpaired) electrons. The van der Waals surface area contributed by atoms with Crippen LogP contribution in [0.4, 0.5) is 10.1 Å². The highest BCUT2D eigenvalue weighted by atomic mass is 32.2. The average molecular weight is 578 g/mol. The fraction of sp³-hybridized carbons (Fsp3) is 0.364. The quantitative estimate of drug-likeness (QED) is 0.114. The monoisotopic (exact) mass is 577 g/mol. The molecule has 216 valence electrons. The van der Waals surface area contributed by atoms with Crippen LogP contribution in [0.5, 0.6) is 5.75 Å². The predicted octanol–water partition coefficient (Wildman–Crippen LogP) is 7.47. The maximum absolute atomic E-state index is 13.6. The molecule has 1 amide bonds. The molecule has 0 unspecified atom stereocenters. The van der Waals surface area contributed by atoms with Crippen molar-refractivity contribution in [1.29, 1.82) is 0 Å². The number of β-lactam (4-membered cyclic amide) rings is 1. The van der Waals surface area contributed by atoms with Gasteiger partial charge in [0.2, 0.25) is 5.91 Å². The number of hydrogen-bond acceptors (Lipinski definition) is 6. The molecule has 0 spiro atoms. The third kappa shape index (κ3) is 7.55. The normalized spacial score (nSPS) is 17.1. The van der Waals surface area contributed by atoms with E-state index in [2.05, 4.69) is 20.8 Å². The fourth-order valence-corrected chi connectivity index (χ4v) is 5.74. The van der Waals surface area contributed by atoms with E-state index < -0.39 is 17.0 Å². The molecule has 0 aromatic heterocycles. The van der Waals surface area contributed by atoms with Crippen molar-refractivity contribution in [3.8, 4) is 5.75 Å².